The molecule has 2 nitrogen and oxygen atoms in total. The highest BCUT2D eigenvalue weighted by atomic mass is 19.4. The average Bonchev–Trinajstić information content (AvgIpc) is 1.86. The Morgan fingerprint density at radius 1 is 1.55 bits per heavy atom. The lowest BCUT2D eigenvalue weighted by Gasteiger charge is -2.27. The minimum absolute atomic E-state index is 0.00530. The predicted molar refractivity (Wildman–Crippen MR) is 32.7 cm³/mol. The molecule has 0 aliphatic carbocycles. The van der Waals surface area contributed by atoms with Gasteiger partial charge in [-0.1, -0.05) is 0 Å². The van der Waals surface area contributed by atoms with E-state index >= 15 is 0 Å². The predicted octanol–water partition coefficient (Wildman–Crippen LogP) is 1.35. The third kappa shape index (κ3) is 1.86. The second-order valence-electron chi connectivity index (χ2n) is 2.28. The van der Waals surface area contributed by atoms with Crippen LogP contribution in [-0.2, 0) is 4.74 Å². The Bertz CT molecular complexity index is 175. The van der Waals surface area contributed by atoms with Gasteiger partial charge in [0.25, 0.3) is 0 Å². The maximum absolute atomic E-state index is 12.0. The minimum atomic E-state index is -4.25. The van der Waals surface area contributed by atoms with E-state index < -0.39 is 11.9 Å². The van der Waals surface area contributed by atoms with Crippen molar-refractivity contribution in [1.82, 2.24) is 4.90 Å². The Morgan fingerprint density at radius 3 is 2.55 bits per heavy atom. The highest BCUT2D eigenvalue weighted by molar-refractivity contribution is 5.08. The average molecular weight is 167 g/mol. The molecule has 1 aliphatic heterocycles. The molecule has 0 amide bonds. The van der Waals surface area contributed by atoms with E-state index in [2.05, 4.69) is 0 Å². The normalized spacial score (nSPS) is 20.0. The Hall–Kier alpha value is -0.710. The number of hydrogen-bond acceptors (Lipinski definition) is 2. The Kier molecular flexibility index (Phi) is 2.08. The maximum atomic E-state index is 12.0. The SMILES string of the molecule is CN1COCC=C1C(F)(F)F. The molecule has 0 aromatic heterocycles. The number of nitrogens with zero attached hydrogens (tertiary/aromatic N) is 1. The Morgan fingerprint density at radius 2 is 2.18 bits per heavy atom. The van der Waals surface area contributed by atoms with Gasteiger partial charge in [-0.05, 0) is 6.08 Å². The van der Waals surface area contributed by atoms with E-state index in [-0.39, 0.29) is 13.3 Å². The van der Waals surface area contributed by atoms with Crippen LogP contribution in [0.5, 0.6) is 0 Å². The lowest BCUT2D eigenvalue weighted by Crippen LogP contribution is -2.33. The van der Waals surface area contributed by atoms with Crippen molar-refractivity contribution in [3.05, 3.63) is 11.8 Å². The molecule has 0 N–H and O–H groups in total. The van der Waals surface area contributed by atoms with Gasteiger partial charge in [-0.25, -0.2) is 0 Å². The monoisotopic (exact) mass is 167 g/mol. The van der Waals surface area contributed by atoms with Crippen LogP contribution in [0.1, 0.15) is 0 Å². The zero-order valence-corrected chi connectivity index (χ0v) is 5.98. The van der Waals surface area contributed by atoms with Crippen molar-refractivity contribution in [1.29, 1.82) is 0 Å². The number of hydrogen-bond donors (Lipinski definition) is 0. The first-order valence-corrected chi connectivity index (χ1v) is 3.08. The van der Waals surface area contributed by atoms with Crippen molar-refractivity contribution in [2.45, 2.75) is 6.18 Å². The largest absolute Gasteiger partial charge is 0.430 e. The van der Waals surface area contributed by atoms with Gasteiger partial charge in [0.1, 0.15) is 12.4 Å². The van der Waals surface area contributed by atoms with E-state index in [9.17, 15) is 13.2 Å². The van der Waals surface area contributed by atoms with Gasteiger partial charge < -0.3 is 9.64 Å². The van der Waals surface area contributed by atoms with Gasteiger partial charge in [-0.15, -0.1) is 0 Å². The van der Waals surface area contributed by atoms with E-state index in [0.717, 1.165) is 11.0 Å². The molecular formula is C6H8F3NO. The number of alkyl halides is 3. The van der Waals surface area contributed by atoms with Crippen LogP contribution < -0.4 is 0 Å². The van der Waals surface area contributed by atoms with Gasteiger partial charge in [0.2, 0.25) is 0 Å². The second-order valence-corrected chi connectivity index (χ2v) is 2.28. The lowest BCUT2D eigenvalue weighted by molar-refractivity contribution is -0.123. The van der Waals surface area contributed by atoms with Crippen LogP contribution in [0, 0.1) is 0 Å². The fourth-order valence-corrected chi connectivity index (χ4v) is 0.885. The molecule has 0 aromatic rings. The maximum Gasteiger partial charge on any atom is 0.430 e. The van der Waals surface area contributed by atoms with E-state index in [1.807, 2.05) is 0 Å². The summed E-state index contributed by atoms with van der Waals surface area (Å²) in [4.78, 5) is 1.03. The molecule has 0 bridgehead atoms. The molecule has 1 aliphatic rings. The third-order valence-corrected chi connectivity index (χ3v) is 1.38. The molecule has 0 atom stereocenters. The molecule has 11 heavy (non-hydrogen) atoms. The lowest BCUT2D eigenvalue weighted by atomic mass is 10.3. The van der Waals surface area contributed by atoms with Crippen LogP contribution in [-0.4, -0.2) is 31.5 Å². The van der Waals surface area contributed by atoms with Crippen LogP contribution >= 0.6 is 0 Å². The first kappa shape index (κ1) is 8.39. The number of ether oxygens (including phenoxy) is 1. The molecule has 5 heteroatoms. The molecule has 0 radical (unpaired) electrons. The van der Waals surface area contributed by atoms with Crippen molar-refractivity contribution in [3.63, 3.8) is 0 Å². The van der Waals surface area contributed by atoms with Crippen molar-refractivity contribution in [3.8, 4) is 0 Å². The van der Waals surface area contributed by atoms with Crippen LogP contribution in [0.25, 0.3) is 0 Å². The van der Waals surface area contributed by atoms with Gasteiger partial charge in [-0.2, -0.15) is 13.2 Å². The Labute approximate surface area is 62.2 Å². The standard InChI is InChI=1S/C6H8F3NO/c1-10-4-11-3-2-5(10)6(7,8)9/h2H,3-4H2,1H3. The van der Waals surface area contributed by atoms with E-state index in [4.69, 9.17) is 4.74 Å². The van der Waals surface area contributed by atoms with E-state index in [1.165, 1.54) is 7.05 Å². The summed E-state index contributed by atoms with van der Waals surface area (Å²) in [5.74, 6) is 0. The van der Waals surface area contributed by atoms with Gasteiger partial charge in [0.05, 0.1) is 6.61 Å². The molecular weight excluding hydrogens is 159 g/mol. The van der Waals surface area contributed by atoms with Gasteiger partial charge in [0.15, 0.2) is 0 Å². The number of halogens is 3. The number of allylic oxidation sites excluding steroid dienone is 1. The van der Waals surface area contributed by atoms with E-state index in [0.29, 0.717) is 0 Å². The summed E-state index contributed by atoms with van der Waals surface area (Å²) < 4.78 is 40.8. The molecule has 0 aromatic carbocycles. The zero-order valence-electron chi connectivity index (χ0n) is 5.98. The summed E-state index contributed by atoms with van der Waals surface area (Å²) in [5, 5.41) is 0. The molecule has 0 unspecified atom stereocenters. The molecule has 0 saturated carbocycles. The van der Waals surface area contributed by atoms with Crippen molar-refractivity contribution in [2.24, 2.45) is 0 Å². The fraction of sp³-hybridized carbons (Fsp3) is 0.667. The van der Waals surface area contributed by atoms with Crippen LogP contribution in [0.15, 0.2) is 11.8 Å². The second kappa shape index (κ2) is 2.73. The fourth-order valence-electron chi connectivity index (χ4n) is 0.885. The van der Waals surface area contributed by atoms with Crippen LogP contribution in [0.3, 0.4) is 0 Å². The summed E-state index contributed by atoms with van der Waals surface area (Å²) in [6.07, 6.45) is -3.22. The third-order valence-electron chi connectivity index (χ3n) is 1.38. The molecule has 0 spiro atoms. The minimum Gasteiger partial charge on any atom is -0.357 e. The van der Waals surface area contributed by atoms with E-state index in [1.54, 1.807) is 0 Å². The van der Waals surface area contributed by atoms with Crippen LogP contribution in [0.2, 0.25) is 0 Å². The first-order chi connectivity index (χ1) is 5.02. The van der Waals surface area contributed by atoms with Crippen LogP contribution in [0.4, 0.5) is 13.2 Å². The number of rotatable bonds is 0. The first-order valence-electron chi connectivity index (χ1n) is 3.08. The smallest absolute Gasteiger partial charge is 0.357 e. The highest BCUT2D eigenvalue weighted by Gasteiger charge is 2.37. The summed E-state index contributed by atoms with van der Waals surface area (Å²) in [5.41, 5.74) is -0.622. The van der Waals surface area contributed by atoms with Crippen molar-refractivity contribution < 1.29 is 17.9 Å². The molecule has 0 saturated heterocycles. The molecule has 1 rings (SSSR count). The summed E-state index contributed by atoms with van der Waals surface area (Å²) in [6.45, 7) is 0.0462. The molecule has 1 heterocycles. The van der Waals surface area contributed by atoms with Gasteiger partial charge in [-0.3, -0.25) is 0 Å². The zero-order chi connectivity index (χ0) is 8.48. The van der Waals surface area contributed by atoms with Crippen molar-refractivity contribution in [2.75, 3.05) is 20.4 Å². The van der Waals surface area contributed by atoms with Gasteiger partial charge >= 0.3 is 6.18 Å². The molecule has 0 fully saturated rings. The quantitative estimate of drug-likeness (QED) is 0.540. The summed E-state index contributed by atoms with van der Waals surface area (Å²) in [6, 6.07) is 0. The highest BCUT2D eigenvalue weighted by Crippen LogP contribution is 2.28. The van der Waals surface area contributed by atoms with Gasteiger partial charge in [0, 0.05) is 7.05 Å². The summed E-state index contributed by atoms with van der Waals surface area (Å²) in [7, 11) is 1.35. The Balaban J connectivity index is 2.76. The molecule has 64 valence electrons. The summed E-state index contributed by atoms with van der Waals surface area (Å²) >= 11 is 0. The van der Waals surface area contributed by atoms with Crippen molar-refractivity contribution >= 4 is 0 Å². The topological polar surface area (TPSA) is 12.5 Å².